The predicted octanol–water partition coefficient (Wildman–Crippen LogP) is 4.21. The number of aromatic nitrogens is 2. The first-order valence-electron chi connectivity index (χ1n) is 8.22. The van der Waals surface area contributed by atoms with Gasteiger partial charge in [-0.1, -0.05) is 39.3 Å². The van der Waals surface area contributed by atoms with Crippen LogP contribution in [0.1, 0.15) is 65.3 Å². The zero-order valence-electron chi connectivity index (χ0n) is 14.2. The van der Waals surface area contributed by atoms with Gasteiger partial charge in [0.25, 0.3) is 0 Å². The maximum absolute atomic E-state index is 6.80. The summed E-state index contributed by atoms with van der Waals surface area (Å²) in [4.78, 5) is 0. The second-order valence-corrected chi connectivity index (χ2v) is 8.15. The van der Waals surface area contributed by atoms with E-state index >= 15 is 0 Å². The number of hydrogen-bond donors (Lipinski definition) is 1. The molecular weight excluding hydrogens is 282 g/mol. The minimum Gasteiger partial charge on any atom is -0.325 e. The molecule has 1 heterocycles. The zero-order chi connectivity index (χ0) is 15.8. The van der Waals surface area contributed by atoms with Crippen LogP contribution in [0.2, 0.25) is 5.02 Å². The Labute approximate surface area is 134 Å². The molecule has 1 aromatic heterocycles. The number of rotatable bonds is 4. The molecule has 2 unspecified atom stereocenters. The van der Waals surface area contributed by atoms with Crippen molar-refractivity contribution in [3.05, 3.63) is 16.4 Å². The summed E-state index contributed by atoms with van der Waals surface area (Å²) < 4.78 is 2.04. The molecule has 2 rings (SSSR count). The molecule has 4 heteroatoms. The highest BCUT2D eigenvalue weighted by Crippen LogP contribution is 2.44. The Balaban J connectivity index is 2.30. The first-order valence-corrected chi connectivity index (χ1v) is 8.60. The molecule has 0 aliphatic heterocycles. The maximum Gasteiger partial charge on any atom is 0.0850 e. The minimum atomic E-state index is -0.164. The first kappa shape index (κ1) is 16.8. The van der Waals surface area contributed by atoms with Crippen molar-refractivity contribution in [2.75, 3.05) is 0 Å². The molecule has 2 N–H and O–H groups in total. The number of hydrogen-bond acceptors (Lipinski definition) is 2. The van der Waals surface area contributed by atoms with Gasteiger partial charge in [-0.25, -0.2) is 0 Å². The third-order valence-electron chi connectivity index (χ3n) is 4.70. The molecule has 2 atom stereocenters. The molecule has 3 nitrogen and oxygen atoms in total. The molecule has 1 fully saturated rings. The van der Waals surface area contributed by atoms with Crippen molar-refractivity contribution >= 4 is 11.6 Å². The van der Waals surface area contributed by atoms with Crippen molar-refractivity contribution < 1.29 is 0 Å². The van der Waals surface area contributed by atoms with Crippen molar-refractivity contribution in [1.82, 2.24) is 9.78 Å². The summed E-state index contributed by atoms with van der Waals surface area (Å²) in [6, 6.07) is 0. The van der Waals surface area contributed by atoms with E-state index in [0.29, 0.717) is 11.3 Å². The van der Waals surface area contributed by atoms with Gasteiger partial charge in [0, 0.05) is 18.5 Å². The van der Waals surface area contributed by atoms with E-state index in [0.717, 1.165) is 48.6 Å². The summed E-state index contributed by atoms with van der Waals surface area (Å²) in [5.41, 5.74) is 9.07. The largest absolute Gasteiger partial charge is 0.325 e. The van der Waals surface area contributed by atoms with E-state index in [1.807, 2.05) is 4.68 Å². The van der Waals surface area contributed by atoms with E-state index in [4.69, 9.17) is 17.3 Å². The van der Waals surface area contributed by atoms with Gasteiger partial charge in [0.2, 0.25) is 0 Å². The summed E-state index contributed by atoms with van der Waals surface area (Å²) >= 11 is 6.56. The third-order valence-corrected chi connectivity index (χ3v) is 5.14. The SMILES string of the molecule is CCc1nn(CC)c(CC2(N)CC(C)CC(C)(C)C2)c1Cl. The first-order chi connectivity index (χ1) is 9.69. The Kier molecular flexibility index (Phi) is 4.75. The van der Waals surface area contributed by atoms with Crippen LogP contribution in [0.5, 0.6) is 0 Å². The van der Waals surface area contributed by atoms with Crippen LogP contribution >= 0.6 is 11.6 Å². The Morgan fingerprint density at radius 2 is 2.00 bits per heavy atom. The molecule has 120 valence electrons. The summed E-state index contributed by atoms with van der Waals surface area (Å²) in [6.07, 6.45) is 5.09. The lowest BCUT2D eigenvalue weighted by molar-refractivity contribution is 0.107. The number of nitrogens with zero attached hydrogens (tertiary/aromatic N) is 2. The molecule has 1 aromatic rings. The second-order valence-electron chi connectivity index (χ2n) is 7.77. The quantitative estimate of drug-likeness (QED) is 0.905. The monoisotopic (exact) mass is 311 g/mol. The fraction of sp³-hybridized carbons (Fsp3) is 0.824. The Bertz CT molecular complexity index is 506. The van der Waals surface area contributed by atoms with Crippen molar-refractivity contribution in [3.63, 3.8) is 0 Å². The van der Waals surface area contributed by atoms with Crippen molar-refractivity contribution in [1.29, 1.82) is 0 Å². The van der Waals surface area contributed by atoms with E-state index in [2.05, 4.69) is 39.7 Å². The van der Waals surface area contributed by atoms with Gasteiger partial charge in [-0.2, -0.15) is 5.10 Å². The summed E-state index contributed by atoms with van der Waals surface area (Å²) in [6.45, 7) is 12.1. The fourth-order valence-corrected chi connectivity index (χ4v) is 4.80. The number of halogens is 1. The fourth-order valence-electron chi connectivity index (χ4n) is 4.46. The topological polar surface area (TPSA) is 43.8 Å². The van der Waals surface area contributed by atoms with E-state index in [1.54, 1.807) is 0 Å². The van der Waals surface area contributed by atoms with Crippen LogP contribution in [-0.2, 0) is 19.4 Å². The Morgan fingerprint density at radius 3 is 2.52 bits per heavy atom. The molecular formula is C17H30ClN3. The summed E-state index contributed by atoms with van der Waals surface area (Å²) in [7, 11) is 0. The molecule has 1 aliphatic carbocycles. The van der Waals surface area contributed by atoms with Crippen LogP contribution in [0.25, 0.3) is 0 Å². The molecule has 1 saturated carbocycles. The lowest BCUT2D eigenvalue weighted by Gasteiger charge is -2.45. The maximum atomic E-state index is 6.80. The molecule has 0 aromatic carbocycles. The molecule has 0 spiro atoms. The average Bonchev–Trinajstić information content (AvgIpc) is 2.62. The van der Waals surface area contributed by atoms with Gasteiger partial charge < -0.3 is 5.73 Å². The molecule has 21 heavy (non-hydrogen) atoms. The van der Waals surface area contributed by atoms with Crippen LogP contribution < -0.4 is 5.73 Å². The van der Waals surface area contributed by atoms with Crippen LogP contribution in [-0.4, -0.2) is 15.3 Å². The normalized spacial score (nSPS) is 28.8. The van der Waals surface area contributed by atoms with E-state index in [9.17, 15) is 0 Å². The van der Waals surface area contributed by atoms with Crippen molar-refractivity contribution in [3.8, 4) is 0 Å². The summed E-state index contributed by atoms with van der Waals surface area (Å²) in [5.74, 6) is 0.668. The van der Waals surface area contributed by atoms with Gasteiger partial charge in [0.05, 0.1) is 16.4 Å². The molecule has 0 bridgehead atoms. The summed E-state index contributed by atoms with van der Waals surface area (Å²) in [5, 5.41) is 5.46. The smallest absolute Gasteiger partial charge is 0.0850 e. The molecule has 0 saturated heterocycles. The number of nitrogens with two attached hydrogens (primary N) is 1. The highest BCUT2D eigenvalue weighted by atomic mass is 35.5. The van der Waals surface area contributed by atoms with Gasteiger partial charge in [0.15, 0.2) is 0 Å². The lowest BCUT2D eigenvalue weighted by Crippen LogP contribution is -2.51. The Hall–Kier alpha value is -0.540. The third kappa shape index (κ3) is 3.62. The van der Waals surface area contributed by atoms with Gasteiger partial charge in [-0.3, -0.25) is 4.68 Å². The second kappa shape index (κ2) is 5.92. The van der Waals surface area contributed by atoms with Crippen LogP contribution in [0.15, 0.2) is 0 Å². The highest BCUT2D eigenvalue weighted by molar-refractivity contribution is 6.31. The molecule has 0 amide bonds. The van der Waals surface area contributed by atoms with Crippen LogP contribution in [0.3, 0.4) is 0 Å². The van der Waals surface area contributed by atoms with E-state index < -0.39 is 0 Å². The lowest BCUT2D eigenvalue weighted by atomic mass is 9.63. The zero-order valence-corrected chi connectivity index (χ0v) is 14.9. The Morgan fingerprint density at radius 1 is 1.33 bits per heavy atom. The minimum absolute atomic E-state index is 0.164. The standard InChI is InChI=1S/C17H30ClN3/c1-6-13-15(18)14(21(7-2)20-13)10-17(19)9-12(3)8-16(4,5)11-17/h12H,6-11,19H2,1-5H3. The van der Waals surface area contributed by atoms with Gasteiger partial charge >= 0.3 is 0 Å². The average molecular weight is 312 g/mol. The van der Waals surface area contributed by atoms with Crippen molar-refractivity contribution in [2.45, 2.75) is 78.8 Å². The van der Waals surface area contributed by atoms with E-state index in [1.165, 1.54) is 6.42 Å². The molecule has 0 radical (unpaired) electrons. The van der Waals surface area contributed by atoms with Gasteiger partial charge in [0.1, 0.15) is 0 Å². The van der Waals surface area contributed by atoms with Crippen molar-refractivity contribution in [2.24, 2.45) is 17.1 Å². The van der Waals surface area contributed by atoms with Gasteiger partial charge in [-0.05, 0) is 43.9 Å². The van der Waals surface area contributed by atoms with Crippen LogP contribution in [0.4, 0.5) is 0 Å². The molecule has 1 aliphatic rings. The number of aryl methyl sites for hydroxylation is 2. The highest BCUT2D eigenvalue weighted by Gasteiger charge is 2.41. The van der Waals surface area contributed by atoms with E-state index in [-0.39, 0.29) is 5.54 Å². The van der Waals surface area contributed by atoms with Gasteiger partial charge in [-0.15, -0.1) is 0 Å². The predicted molar refractivity (Wildman–Crippen MR) is 89.7 cm³/mol. The van der Waals surface area contributed by atoms with Crippen LogP contribution in [0, 0.1) is 11.3 Å².